The van der Waals surface area contributed by atoms with Crippen LogP contribution in [0.4, 0.5) is 0 Å². The highest BCUT2D eigenvalue weighted by molar-refractivity contribution is 5.89. The van der Waals surface area contributed by atoms with Crippen LogP contribution in [-0.2, 0) is 6.54 Å². The van der Waals surface area contributed by atoms with E-state index in [9.17, 15) is 4.79 Å². The standard InChI is InChI=1S/C14H21NO3/c1-2-11(7-8-16)9-15-10-12-5-3-4-6-13(12)14(17)18/h3-6,11,15-16H,2,7-10H2,1H3,(H,17,18). The molecule has 0 heterocycles. The van der Waals surface area contributed by atoms with Crippen molar-refractivity contribution in [3.63, 3.8) is 0 Å². The number of aromatic carboxylic acids is 1. The fraction of sp³-hybridized carbons (Fsp3) is 0.500. The Kier molecular flexibility index (Phi) is 6.39. The molecule has 4 nitrogen and oxygen atoms in total. The summed E-state index contributed by atoms with van der Waals surface area (Å²) >= 11 is 0. The van der Waals surface area contributed by atoms with E-state index in [1.807, 2.05) is 12.1 Å². The van der Waals surface area contributed by atoms with Gasteiger partial charge in [-0.1, -0.05) is 31.5 Å². The first kappa shape index (κ1) is 14.7. The van der Waals surface area contributed by atoms with Gasteiger partial charge in [-0.2, -0.15) is 0 Å². The van der Waals surface area contributed by atoms with Gasteiger partial charge < -0.3 is 15.5 Å². The largest absolute Gasteiger partial charge is 0.478 e. The molecule has 0 aliphatic heterocycles. The summed E-state index contributed by atoms with van der Waals surface area (Å²) in [6.45, 7) is 3.63. The maximum atomic E-state index is 11.0. The van der Waals surface area contributed by atoms with Gasteiger partial charge in [-0.3, -0.25) is 0 Å². The summed E-state index contributed by atoms with van der Waals surface area (Å²) < 4.78 is 0. The molecule has 4 heteroatoms. The van der Waals surface area contributed by atoms with Crippen LogP contribution in [0, 0.1) is 5.92 Å². The molecule has 0 aliphatic carbocycles. The van der Waals surface area contributed by atoms with E-state index in [0.29, 0.717) is 18.0 Å². The van der Waals surface area contributed by atoms with Crippen LogP contribution in [-0.4, -0.2) is 29.3 Å². The Bertz CT molecular complexity index is 379. The van der Waals surface area contributed by atoms with E-state index < -0.39 is 5.97 Å². The van der Waals surface area contributed by atoms with Gasteiger partial charge >= 0.3 is 5.97 Å². The third kappa shape index (κ3) is 4.47. The van der Waals surface area contributed by atoms with Crippen molar-refractivity contribution >= 4 is 5.97 Å². The number of carboxylic acid groups (broad SMARTS) is 1. The maximum Gasteiger partial charge on any atom is 0.336 e. The van der Waals surface area contributed by atoms with Gasteiger partial charge in [0.2, 0.25) is 0 Å². The Hall–Kier alpha value is -1.39. The van der Waals surface area contributed by atoms with Gasteiger partial charge in [0.1, 0.15) is 0 Å². The second kappa shape index (κ2) is 7.84. The quantitative estimate of drug-likeness (QED) is 0.660. The average Bonchev–Trinajstić information content (AvgIpc) is 2.38. The van der Waals surface area contributed by atoms with E-state index in [1.54, 1.807) is 12.1 Å². The normalized spacial score (nSPS) is 12.3. The van der Waals surface area contributed by atoms with Gasteiger partial charge in [-0.25, -0.2) is 4.79 Å². The predicted octanol–water partition coefficient (Wildman–Crippen LogP) is 1.88. The summed E-state index contributed by atoms with van der Waals surface area (Å²) in [4.78, 5) is 11.0. The summed E-state index contributed by atoms with van der Waals surface area (Å²) in [6, 6.07) is 7.01. The van der Waals surface area contributed by atoms with Crippen molar-refractivity contribution in [2.24, 2.45) is 5.92 Å². The lowest BCUT2D eigenvalue weighted by atomic mass is 10.0. The molecule has 0 amide bonds. The highest BCUT2D eigenvalue weighted by Gasteiger charge is 2.09. The summed E-state index contributed by atoms with van der Waals surface area (Å²) in [5.74, 6) is -0.457. The first-order valence-electron chi connectivity index (χ1n) is 6.31. The molecule has 0 saturated heterocycles. The lowest BCUT2D eigenvalue weighted by molar-refractivity contribution is 0.0695. The van der Waals surface area contributed by atoms with E-state index in [2.05, 4.69) is 12.2 Å². The minimum absolute atomic E-state index is 0.200. The molecular weight excluding hydrogens is 230 g/mol. The first-order chi connectivity index (χ1) is 8.69. The number of rotatable bonds is 8. The number of nitrogens with one attached hydrogen (secondary N) is 1. The predicted molar refractivity (Wildman–Crippen MR) is 70.6 cm³/mol. The lowest BCUT2D eigenvalue weighted by Gasteiger charge is -2.15. The van der Waals surface area contributed by atoms with E-state index in [1.165, 1.54) is 0 Å². The Morgan fingerprint density at radius 1 is 1.39 bits per heavy atom. The maximum absolute atomic E-state index is 11.0. The minimum atomic E-state index is -0.894. The number of aliphatic hydroxyl groups is 1. The van der Waals surface area contributed by atoms with Crippen LogP contribution < -0.4 is 5.32 Å². The summed E-state index contributed by atoms with van der Waals surface area (Å²) in [5.41, 5.74) is 1.14. The lowest BCUT2D eigenvalue weighted by Crippen LogP contribution is -2.23. The smallest absolute Gasteiger partial charge is 0.336 e. The Morgan fingerprint density at radius 2 is 2.11 bits per heavy atom. The van der Waals surface area contributed by atoms with Crippen LogP contribution >= 0.6 is 0 Å². The molecule has 3 N–H and O–H groups in total. The molecule has 1 aromatic rings. The van der Waals surface area contributed by atoms with Crippen molar-refractivity contribution in [2.45, 2.75) is 26.3 Å². The van der Waals surface area contributed by atoms with E-state index in [4.69, 9.17) is 10.2 Å². The molecule has 1 rings (SSSR count). The van der Waals surface area contributed by atoms with Crippen LogP contribution in [0.5, 0.6) is 0 Å². The Morgan fingerprint density at radius 3 is 2.72 bits per heavy atom. The van der Waals surface area contributed by atoms with Crippen molar-refractivity contribution in [2.75, 3.05) is 13.2 Å². The fourth-order valence-electron chi connectivity index (χ4n) is 1.93. The number of carbonyl (C=O) groups is 1. The molecule has 0 saturated carbocycles. The summed E-state index contributed by atoms with van der Waals surface area (Å²) in [5, 5.41) is 21.2. The molecule has 0 aromatic heterocycles. The molecule has 1 atom stereocenters. The molecule has 18 heavy (non-hydrogen) atoms. The third-order valence-corrected chi connectivity index (χ3v) is 3.11. The van der Waals surface area contributed by atoms with Crippen molar-refractivity contribution in [3.8, 4) is 0 Å². The van der Waals surface area contributed by atoms with Crippen LogP contribution in [0.3, 0.4) is 0 Å². The highest BCUT2D eigenvalue weighted by Crippen LogP contribution is 2.10. The molecule has 0 aliphatic rings. The van der Waals surface area contributed by atoms with Gasteiger partial charge in [0.25, 0.3) is 0 Å². The summed E-state index contributed by atoms with van der Waals surface area (Å²) in [7, 11) is 0. The first-order valence-corrected chi connectivity index (χ1v) is 6.31. The monoisotopic (exact) mass is 251 g/mol. The van der Waals surface area contributed by atoms with Crippen LogP contribution in [0.2, 0.25) is 0 Å². The van der Waals surface area contributed by atoms with Crippen LogP contribution in [0.25, 0.3) is 0 Å². The van der Waals surface area contributed by atoms with Crippen molar-refractivity contribution in [1.82, 2.24) is 5.32 Å². The van der Waals surface area contributed by atoms with E-state index in [-0.39, 0.29) is 6.61 Å². The summed E-state index contributed by atoms with van der Waals surface area (Å²) in [6.07, 6.45) is 1.79. The molecule has 100 valence electrons. The molecule has 1 aromatic carbocycles. The van der Waals surface area contributed by atoms with Gasteiger partial charge in [0.15, 0.2) is 0 Å². The zero-order valence-corrected chi connectivity index (χ0v) is 10.7. The Labute approximate surface area is 108 Å². The topological polar surface area (TPSA) is 69.6 Å². The fourth-order valence-corrected chi connectivity index (χ4v) is 1.93. The van der Waals surface area contributed by atoms with Crippen LogP contribution in [0.15, 0.2) is 24.3 Å². The SMILES string of the molecule is CCC(CCO)CNCc1ccccc1C(=O)O. The van der Waals surface area contributed by atoms with Gasteiger partial charge in [0.05, 0.1) is 5.56 Å². The van der Waals surface area contributed by atoms with Gasteiger partial charge in [0, 0.05) is 13.2 Å². The van der Waals surface area contributed by atoms with Gasteiger partial charge in [-0.15, -0.1) is 0 Å². The Balaban J connectivity index is 2.50. The molecule has 0 radical (unpaired) electrons. The number of hydrogen-bond donors (Lipinski definition) is 3. The van der Waals surface area contributed by atoms with Crippen LogP contribution in [0.1, 0.15) is 35.7 Å². The van der Waals surface area contributed by atoms with Gasteiger partial charge in [-0.05, 0) is 30.5 Å². The zero-order chi connectivity index (χ0) is 13.4. The minimum Gasteiger partial charge on any atom is -0.478 e. The second-order valence-electron chi connectivity index (χ2n) is 4.38. The van der Waals surface area contributed by atoms with Crippen molar-refractivity contribution < 1.29 is 15.0 Å². The van der Waals surface area contributed by atoms with E-state index in [0.717, 1.165) is 24.9 Å². The number of carboxylic acids is 1. The molecule has 0 fully saturated rings. The number of hydrogen-bond acceptors (Lipinski definition) is 3. The van der Waals surface area contributed by atoms with Crippen molar-refractivity contribution in [1.29, 1.82) is 0 Å². The molecule has 0 bridgehead atoms. The molecule has 1 unspecified atom stereocenters. The number of aliphatic hydroxyl groups excluding tert-OH is 1. The third-order valence-electron chi connectivity index (χ3n) is 3.11. The average molecular weight is 251 g/mol. The molecular formula is C14H21NO3. The zero-order valence-electron chi connectivity index (χ0n) is 10.7. The number of benzene rings is 1. The van der Waals surface area contributed by atoms with E-state index >= 15 is 0 Å². The molecule has 0 spiro atoms. The highest BCUT2D eigenvalue weighted by atomic mass is 16.4. The van der Waals surface area contributed by atoms with Crippen molar-refractivity contribution in [3.05, 3.63) is 35.4 Å². The second-order valence-corrected chi connectivity index (χ2v) is 4.38.